The van der Waals surface area contributed by atoms with Gasteiger partial charge in [0.05, 0.1) is 22.7 Å². The lowest BCUT2D eigenvalue weighted by Gasteiger charge is -2.28. The number of fused-ring (bicyclic) bond motifs is 8. The van der Waals surface area contributed by atoms with Crippen molar-refractivity contribution in [3.8, 4) is 61.3 Å². The van der Waals surface area contributed by atoms with Crippen LogP contribution >= 0.6 is 0 Å². The van der Waals surface area contributed by atoms with Crippen molar-refractivity contribution in [2.75, 3.05) is 9.80 Å². The number of benzene rings is 13. The fourth-order valence-electron chi connectivity index (χ4n) is 14.3. The van der Waals surface area contributed by atoms with Gasteiger partial charge in [0.25, 0.3) is 0 Å². The van der Waals surface area contributed by atoms with Gasteiger partial charge in [-0.25, -0.2) is 0 Å². The van der Waals surface area contributed by atoms with E-state index < -0.39 is 0 Å². The summed E-state index contributed by atoms with van der Waals surface area (Å²) < 4.78 is 4.80. The summed E-state index contributed by atoms with van der Waals surface area (Å²) in [4.78, 5) is 4.81. The van der Waals surface area contributed by atoms with E-state index in [1.54, 1.807) is 0 Å². The molecule has 0 amide bonds. The van der Waals surface area contributed by atoms with Gasteiger partial charge in [-0.3, -0.25) is 0 Å². The van der Waals surface area contributed by atoms with Crippen LogP contribution in [-0.2, 0) is 6.54 Å². The van der Waals surface area contributed by atoms with E-state index in [4.69, 9.17) is 0 Å². The summed E-state index contributed by atoms with van der Waals surface area (Å²) in [5.41, 5.74) is 29.2. The largest absolute Gasteiger partial charge is 0.341 e. The van der Waals surface area contributed by atoms with Crippen LogP contribution < -0.4 is 9.80 Å². The number of aryl methyl sites for hydroxylation is 1. The second-order valence-electron chi connectivity index (χ2n) is 23.5. The highest BCUT2D eigenvalue weighted by molar-refractivity contribution is 6.19. The maximum Gasteiger partial charge on any atom is 0.0540 e. The Balaban J connectivity index is 0.782. The first-order valence-corrected chi connectivity index (χ1v) is 31.2. The predicted molar refractivity (Wildman–Crippen MR) is 381 cm³/mol. The van der Waals surface area contributed by atoms with Crippen LogP contribution in [0.4, 0.5) is 34.1 Å². The van der Waals surface area contributed by atoms with E-state index in [9.17, 15) is 0 Å². The number of para-hydroxylation sites is 5. The second kappa shape index (κ2) is 21.9. The average Bonchev–Trinajstić information content (AvgIpc) is 1.61. The molecule has 15 aromatic rings. The quantitative estimate of drug-likeness (QED) is 0.136. The normalized spacial score (nSPS) is 12.5. The number of anilines is 6. The third-order valence-electron chi connectivity index (χ3n) is 18.5. The van der Waals surface area contributed by atoms with E-state index in [1.807, 2.05) is 0 Å². The van der Waals surface area contributed by atoms with Crippen LogP contribution in [0.3, 0.4) is 0 Å². The first-order valence-electron chi connectivity index (χ1n) is 31.2. The Hall–Kier alpha value is -11.7. The summed E-state index contributed by atoms with van der Waals surface area (Å²) in [5, 5.41) is 4.91. The predicted octanol–water partition coefficient (Wildman–Crippen LogP) is 23.4. The highest BCUT2D eigenvalue weighted by Gasteiger charge is 2.28. The summed E-state index contributed by atoms with van der Waals surface area (Å²) in [7, 11) is 0. The Morgan fingerprint density at radius 1 is 0.278 bits per heavy atom. The average molecular weight is 1150 g/mol. The molecule has 13 aromatic carbocycles. The Bertz CT molecular complexity index is 5250. The molecule has 90 heavy (non-hydrogen) atoms. The van der Waals surface area contributed by atoms with E-state index in [1.165, 1.54) is 94.0 Å². The fourth-order valence-corrected chi connectivity index (χ4v) is 14.3. The third-order valence-corrected chi connectivity index (χ3v) is 18.5. The smallest absolute Gasteiger partial charge is 0.0540 e. The molecular weight excluding hydrogens is 1090 g/mol. The standard InChI is InChI=1S/C86H60N4/c1-2-88-80-36-20-15-32-72(80)74-55-70(52-53-81(74)88)87-56-75-76(57-87)84(86(65-28-10-5-11-29-65)85(64-26-8-4-9-27-64)83(75)63-24-6-3-7-25-63)66-42-38-60(39-43-66)73-54-67-30-14-19-35-79(67)90(82-37-21-16-31-71(73)82)69-50-46-59(47-51-69)58-44-48-68(49-45-58)89-77-33-17-12-22-61(77)40-41-62-23-13-18-34-78(62)89/h3-57H,2H2,1H3. The van der Waals surface area contributed by atoms with Gasteiger partial charge in [-0.1, -0.05) is 243 Å². The maximum atomic E-state index is 2.43. The van der Waals surface area contributed by atoms with Crippen LogP contribution in [0, 0.1) is 0 Å². The molecule has 2 aromatic heterocycles. The van der Waals surface area contributed by atoms with Crippen molar-refractivity contribution in [2.24, 2.45) is 0 Å². The Morgan fingerprint density at radius 2 is 0.678 bits per heavy atom. The maximum absolute atomic E-state index is 2.43. The van der Waals surface area contributed by atoms with Crippen molar-refractivity contribution in [1.82, 2.24) is 9.13 Å². The van der Waals surface area contributed by atoms with Gasteiger partial charge in [-0.05, 0) is 169 Å². The van der Waals surface area contributed by atoms with Gasteiger partial charge in [0.1, 0.15) is 0 Å². The van der Waals surface area contributed by atoms with Crippen LogP contribution in [0.25, 0.3) is 118 Å². The minimum absolute atomic E-state index is 0.900. The van der Waals surface area contributed by atoms with Gasteiger partial charge >= 0.3 is 0 Å². The van der Waals surface area contributed by atoms with Crippen LogP contribution in [0.1, 0.15) is 34.7 Å². The minimum Gasteiger partial charge on any atom is -0.341 e. The molecule has 4 nitrogen and oxygen atoms in total. The molecule has 0 fully saturated rings. The molecule has 2 aliphatic heterocycles. The molecule has 0 N–H and O–H groups in total. The van der Waals surface area contributed by atoms with E-state index >= 15 is 0 Å². The van der Waals surface area contributed by atoms with Crippen molar-refractivity contribution in [2.45, 2.75) is 13.5 Å². The number of aromatic nitrogens is 2. The van der Waals surface area contributed by atoms with Crippen molar-refractivity contribution in [3.05, 3.63) is 344 Å². The van der Waals surface area contributed by atoms with Gasteiger partial charge in [0.15, 0.2) is 0 Å². The third kappa shape index (κ3) is 8.83. The molecule has 424 valence electrons. The first-order chi connectivity index (χ1) is 44.6. The molecule has 0 saturated heterocycles. The topological polar surface area (TPSA) is 16.3 Å². The van der Waals surface area contributed by atoms with Gasteiger partial charge < -0.3 is 18.9 Å². The minimum atomic E-state index is 0.900. The molecule has 0 radical (unpaired) electrons. The molecule has 0 saturated carbocycles. The molecular formula is C86H60N4. The van der Waals surface area contributed by atoms with Gasteiger partial charge in [-0.15, -0.1) is 0 Å². The monoisotopic (exact) mass is 1150 g/mol. The highest BCUT2D eigenvalue weighted by atomic mass is 15.2. The van der Waals surface area contributed by atoms with Crippen molar-refractivity contribution in [3.63, 3.8) is 0 Å². The van der Waals surface area contributed by atoms with Gasteiger partial charge in [-0.2, -0.15) is 0 Å². The van der Waals surface area contributed by atoms with E-state index in [-0.39, 0.29) is 0 Å². The summed E-state index contributed by atoms with van der Waals surface area (Å²) in [5.74, 6) is 0. The molecule has 0 atom stereocenters. The number of rotatable bonds is 10. The SMILES string of the molecule is CCn1c2ccccc2c2cc(-n3cc4c(-c5ccccc5)c(-c5ccccc5)c(-c5ccccc5)c(-c5ccc(C6=Cc7ccccc7N(c7ccc(-c8ccc(N9c%10ccccc%10C=Cc%10ccccc%109)cc8)cc7)c7ccccc76)cc5)c4c3)ccc21. The van der Waals surface area contributed by atoms with E-state index in [0.717, 1.165) is 73.9 Å². The molecule has 2 aliphatic rings. The molecule has 0 spiro atoms. The molecule has 4 heterocycles. The molecule has 4 heteroatoms. The summed E-state index contributed by atoms with van der Waals surface area (Å²) in [6, 6.07) is 111. The Kier molecular flexibility index (Phi) is 12.8. The molecule has 0 bridgehead atoms. The van der Waals surface area contributed by atoms with Crippen molar-refractivity contribution in [1.29, 1.82) is 0 Å². The molecule has 17 rings (SSSR count). The van der Waals surface area contributed by atoms with Crippen LogP contribution in [0.2, 0.25) is 0 Å². The van der Waals surface area contributed by atoms with Gasteiger partial charge in [0.2, 0.25) is 0 Å². The summed E-state index contributed by atoms with van der Waals surface area (Å²) in [6.07, 6.45) is 11.6. The van der Waals surface area contributed by atoms with E-state index in [0.29, 0.717) is 0 Å². The number of hydrogen-bond donors (Lipinski definition) is 0. The summed E-state index contributed by atoms with van der Waals surface area (Å²) in [6.45, 7) is 3.14. The summed E-state index contributed by atoms with van der Waals surface area (Å²) >= 11 is 0. The lowest BCUT2D eigenvalue weighted by atomic mass is 9.80. The van der Waals surface area contributed by atoms with Crippen LogP contribution in [0.15, 0.2) is 316 Å². The zero-order valence-electron chi connectivity index (χ0n) is 49.8. The van der Waals surface area contributed by atoms with Gasteiger partial charge in [0, 0.05) is 74.1 Å². The molecule has 0 aliphatic carbocycles. The lowest BCUT2D eigenvalue weighted by Crippen LogP contribution is -2.12. The van der Waals surface area contributed by atoms with Crippen molar-refractivity contribution < 1.29 is 0 Å². The Morgan fingerprint density at radius 3 is 1.23 bits per heavy atom. The second-order valence-corrected chi connectivity index (χ2v) is 23.5. The number of hydrogen-bond acceptors (Lipinski definition) is 2. The Labute approximate surface area is 524 Å². The number of nitrogens with zero attached hydrogens (tertiary/aromatic N) is 4. The highest BCUT2D eigenvalue weighted by Crippen LogP contribution is 2.53. The lowest BCUT2D eigenvalue weighted by molar-refractivity contribution is 0.827. The fraction of sp³-hybridized carbons (Fsp3) is 0.0233. The zero-order chi connectivity index (χ0) is 59.7. The van der Waals surface area contributed by atoms with Crippen LogP contribution in [-0.4, -0.2) is 9.13 Å². The van der Waals surface area contributed by atoms with Crippen LogP contribution in [0.5, 0.6) is 0 Å². The zero-order valence-corrected chi connectivity index (χ0v) is 49.8. The first kappa shape index (κ1) is 52.6. The molecule has 0 unspecified atom stereocenters. The van der Waals surface area contributed by atoms with E-state index in [2.05, 4.69) is 360 Å². The van der Waals surface area contributed by atoms with Crippen molar-refractivity contribution >= 4 is 90.5 Å².